The minimum Gasteiger partial charge on any atom is -0.454 e. The van der Waals surface area contributed by atoms with E-state index in [0.717, 1.165) is 25.7 Å². The fourth-order valence-corrected chi connectivity index (χ4v) is 2.90. The number of carbonyl (C=O) groups is 1. The molecule has 1 aromatic rings. The molecule has 0 radical (unpaired) electrons. The molecule has 0 saturated heterocycles. The fraction of sp³-hybridized carbons (Fsp3) is 0.533. The van der Waals surface area contributed by atoms with Gasteiger partial charge in [-0.1, -0.05) is 26.2 Å². The Morgan fingerprint density at radius 2 is 1.85 bits per heavy atom. The quantitative estimate of drug-likeness (QED) is 0.814. The van der Waals surface area contributed by atoms with E-state index in [0.29, 0.717) is 22.9 Å². The van der Waals surface area contributed by atoms with Gasteiger partial charge in [-0.3, -0.25) is 4.79 Å². The van der Waals surface area contributed by atoms with Gasteiger partial charge in [0, 0.05) is 17.5 Å². The number of ether oxygens (including phenoxy) is 2. The SMILES string of the molecule is CC1(C(=O)Nc2cc3c(cc2N)OCO3)CCCCC1. The van der Waals surface area contributed by atoms with E-state index in [1.165, 1.54) is 6.42 Å². The number of hydrogen-bond acceptors (Lipinski definition) is 4. The summed E-state index contributed by atoms with van der Waals surface area (Å²) in [6, 6.07) is 3.43. The molecule has 108 valence electrons. The maximum atomic E-state index is 12.5. The molecule has 1 heterocycles. The van der Waals surface area contributed by atoms with Crippen LogP contribution in [0.1, 0.15) is 39.0 Å². The van der Waals surface area contributed by atoms with Gasteiger partial charge in [0.05, 0.1) is 11.4 Å². The third kappa shape index (κ3) is 2.28. The first-order valence-electron chi connectivity index (χ1n) is 7.09. The van der Waals surface area contributed by atoms with Crippen molar-refractivity contribution in [3.05, 3.63) is 12.1 Å². The van der Waals surface area contributed by atoms with Crippen molar-refractivity contribution in [1.82, 2.24) is 0 Å². The molecule has 0 spiro atoms. The molecule has 20 heavy (non-hydrogen) atoms. The zero-order valence-corrected chi connectivity index (χ0v) is 11.7. The third-order valence-electron chi connectivity index (χ3n) is 4.30. The lowest BCUT2D eigenvalue weighted by molar-refractivity contribution is -0.126. The van der Waals surface area contributed by atoms with Crippen LogP contribution in [0, 0.1) is 5.41 Å². The van der Waals surface area contributed by atoms with Crippen molar-refractivity contribution in [1.29, 1.82) is 0 Å². The Kier molecular flexibility index (Phi) is 3.20. The van der Waals surface area contributed by atoms with Gasteiger partial charge >= 0.3 is 0 Å². The average Bonchev–Trinajstić information content (AvgIpc) is 2.87. The molecule has 0 aromatic heterocycles. The maximum absolute atomic E-state index is 12.5. The molecule has 1 aliphatic heterocycles. The Labute approximate surface area is 118 Å². The molecule has 1 amide bonds. The zero-order valence-electron chi connectivity index (χ0n) is 11.7. The number of amides is 1. The van der Waals surface area contributed by atoms with E-state index < -0.39 is 0 Å². The molecule has 0 bridgehead atoms. The lowest BCUT2D eigenvalue weighted by Gasteiger charge is -2.32. The van der Waals surface area contributed by atoms with Crippen molar-refractivity contribution < 1.29 is 14.3 Å². The van der Waals surface area contributed by atoms with Crippen LogP contribution in [-0.4, -0.2) is 12.7 Å². The molecule has 1 aliphatic carbocycles. The first kappa shape index (κ1) is 13.1. The van der Waals surface area contributed by atoms with E-state index in [4.69, 9.17) is 15.2 Å². The van der Waals surface area contributed by atoms with Gasteiger partial charge < -0.3 is 20.5 Å². The lowest BCUT2D eigenvalue weighted by Crippen LogP contribution is -2.35. The summed E-state index contributed by atoms with van der Waals surface area (Å²) in [5.41, 5.74) is 6.78. The molecule has 0 unspecified atom stereocenters. The van der Waals surface area contributed by atoms with Crippen LogP contribution in [-0.2, 0) is 4.79 Å². The Balaban J connectivity index is 1.79. The second-order valence-corrected chi connectivity index (χ2v) is 5.87. The number of hydrogen-bond donors (Lipinski definition) is 2. The van der Waals surface area contributed by atoms with E-state index in [1.807, 2.05) is 6.92 Å². The fourth-order valence-electron chi connectivity index (χ4n) is 2.90. The molecule has 3 rings (SSSR count). The summed E-state index contributed by atoms with van der Waals surface area (Å²) in [6.45, 7) is 2.23. The van der Waals surface area contributed by atoms with E-state index in [2.05, 4.69) is 5.32 Å². The smallest absolute Gasteiger partial charge is 0.231 e. The Hall–Kier alpha value is -1.91. The van der Waals surface area contributed by atoms with Crippen LogP contribution >= 0.6 is 0 Å². The zero-order chi connectivity index (χ0) is 14.2. The Morgan fingerprint density at radius 3 is 2.55 bits per heavy atom. The second kappa shape index (κ2) is 4.89. The maximum Gasteiger partial charge on any atom is 0.231 e. The molecule has 1 saturated carbocycles. The van der Waals surface area contributed by atoms with Crippen LogP contribution in [0.5, 0.6) is 11.5 Å². The molecule has 1 aromatic carbocycles. The first-order valence-corrected chi connectivity index (χ1v) is 7.09. The van der Waals surface area contributed by atoms with Crippen molar-refractivity contribution in [3.63, 3.8) is 0 Å². The molecule has 1 fully saturated rings. The first-order chi connectivity index (χ1) is 9.58. The van der Waals surface area contributed by atoms with Gasteiger partial charge in [0.2, 0.25) is 12.7 Å². The number of anilines is 2. The van der Waals surface area contributed by atoms with Crippen LogP contribution in [0.3, 0.4) is 0 Å². The average molecular weight is 276 g/mol. The number of nitrogen functional groups attached to an aromatic ring is 1. The summed E-state index contributed by atoms with van der Waals surface area (Å²) >= 11 is 0. The molecule has 3 N–H and O–H groups in total. The van der Waals surface area contributed by atoms with E-state index >= 15 is 0 Å². The van der Waals surface area contributed by atoms with Gasteiger partial charge in [0.25, 0.3) is 0 Å². The number of carbonyl (C=O) groups excluding carboxylic acids is 1. The molecule has 0 atom stereocenters. The van der Waals surface area contributed by atoms with Crippen LogP contribution in [0.4, 0.5) is 11.4 Å². The number of fused-ring (bicyclic) bond motifs is 1. The predicted octanol–water partition coefficient (Wildman–Crippen LogP) is 2.91. The molecule has 5 nitrogen and oxygen atoms in total. The highest BCUT2D eigenvalue weighted by Gasteiger charge is 2.35. The highest BCUT2D eigenvalue weighted by Crippen LogP contribution is 2.40. The Bertz CT molecular complexity index is 536. The third-order valence-corrected chi connectivity index (χ3v) is 4.30. The van der Waals surface area contributed by atoms with Crippen LogP contribution in [0.15, 0.2) is 12.1 Å². The monoisotopic (exact) mass is 276 g/mol. The summed E-state index contributed by atoms with van der Waals surface area (Å²) in [6.07, 6.45) is 5.31. The van der Waals surface area contributed by atoms with Crippen molar-refractivity contribution in [3.8, 4) is 11.5 Å². The van der Waals surface area contributed by atoms with Crippen molar-refractivity contribution in [2.24, 2.45) is 5.41 Å². The number of nitrogens with one attached hydrogen (secondary N) is 1. The van der Waals surface area contributed by atoms with Gasteiger partial charge in [-0.2, -0.15) is 0 Å². The molecular formula is C15H20N2O3. The summed E-state index contributed by atoms with van der Waals surface area (Å²) in [5.74, 6) is 1.30. The summed E-state index contributed by atoms with van der Waals surface area (Å²) in [7, 11) is 0. The van der Waals surface area contributed by atoms with Crippen molar-refractivity contribution in [2.45, 2.75) is 39.0 Å². The van der Waals surface area contributed by atoms with E-state index in [9.17, 15) is 4.79 Å². The minimum absolute atomic E-state index is 0.0442. The lowest BCUT2D eigenvalue weighted by atomic mass is 9.75. The van der Waals surface area contributed by atoms with Gasteiger partial charge in [-0.25, -0.2) is 0 Å². The number of rotatable bonds is 2. The van der Waals surface area contributed by atoms with E-state index in [1.54, 1.807) is 12.1 Å². The largest absolute Gasteiger partial charge is 0.454 e. The highest BCUT2D eigenvalue weighted by molar-refractivity contribution is 5.98. The van der Waals surface area contributed by atoms with Crippen LogP contribution in [0.2, 0.25) is 0 Å². The summed E-state index contributed by atoms with van der Waals surface area (Å²) in [5, 5.41) is 2.95. The molecule has 5 heteroatoms. The van der Waals surface area contributed by atoms with Crippen LogP contribution < -0.4 is 20.5 Å². The minimum atomic E-state index is -0.291. The molecular weight excluding hydrogens is 256 g/mol. The number of benzene rings is 1. The van der Waals surface area contributed by atoms with Crippen molar-refractivity contribution in [2.75, 3.05) is 17.8 Å². The van der Waals surface area contributed by atoms with Gasteiger partial charge in [0.1, 0.15) is 0 Å². The van der Waals surface area contributed by atoms with Gasteiger partial charge in [0.15, 0.2) is 11.5 Å². The highest BCUT2D eigenvalue weighted by atomic mass is 16.7. The number of nitrogens with two attached hydrogens (primary N) is 1. The second-order valence-electron chi connectivity index (χ2n) is 5.87. The summed E-state index contributed by atoms with van der Waals surface area (Å²) < 4.78 is 10.6. The Morgan fingerprint density at radius 1 is 1.20 bits per heavy atom. The normalized spacial score (nSPS) is 19.6. The van der Waals surface area contributed by atoms with Gasteiger partial charge in [-0.05, 0) is 12.8 Å². The molecule has 2 aliphatic rings. The van der Waals surface area contributed by atoms with E-state index in [-0.39, 0.29) is 18.1 Å². The van der Waals surface area contributed by atoms with Crippen molar-refractivity contribution >= 4 is 17.3 Å². The standard InChI is InChI=1S/C15H20N2O3/c1-15(5-3-2-4-6-15)14(18)17-11-8-13-12(7-10(11)16)19-9-20-13/h7-8H,2-6,9,16H2,1H3,(H,17,18). The van der Waals surface area contributed by atoms with Crippen LogP contribution in [0.25, 0.3) is 0 Å². The predicted molar refractivity (Wildman–Crippen MR) is 76.8 cm³/mol. The van der Waals surface area contributed by atoms with Gasteiger partial charge in [-0.15, -0.1) is 0 Å². The topological polar surface area (TPSA) is 73.6 Å². The summed E-state index contributed by atoms with van der Waals surface area (Å²) in [4.78, 5) is 12.5.